The third-order valence-corrected chi connectivity index (χ3v) is 5.70. The lowest BCUT2D eigenvalue weighted by atomic mass is 9.92. The van der Waals surface area contributed by atoms with Crippen molar-refractivity contribution in [2.24, 2.45) is 0 Å². The molecule has 0 heterocycles. The fourth-order valence-electron chi connectivity index (χ4n) is 2.68. The lowest BCUT2D eigenvalue weighted by molar-refractivity contribution is 0.0606. The summed E-state index contributed by atoms with van der Waals surface area (Å²) < 4.78 is 29.0. The van der Waals surface area contributed by atoms with E-state index in [0.717, 1.165) is 18.5 Å². The summed E-state index contributed by atoms with van der Waals surface area (Å²) in [6, 6.07) is 7.33. The van der Waals surface area contributed by atoms with Gasteiger partial charge >= 0.3 is 0 Å². The highest BCUT2D eigenvalue weighted by molar-refractivity contribution is 7.91. The number of anilines is 1. The summed E-state index contributed by atoms with van der Waals surface area (Å²) in [5.74, 6) is 0.133. The van der Waals surface area contributed by atoms with Gasteiger partial charge in [-0.1, -0.05) is 19.8 Å². The first-order valence-electron chi connectivity index (χ1n) is 7.19. The number of hydrogen-bond acceptors (Lipinski definition) is 4. The summed E-state index contributed by atoms with van der Waals surface area (Å²) in [5, 5.41) is 3.46. The van der Waals surface area contributed by atoms with Gasteiger partial charge < -0.3 is 10.1 Å². The number of nitrogens with one attached hydrogen (secondary N) is 1. The lowest BCUT2D eigenvalue weighted by Gasteiger charge is -2.31. The zero-order chi connectivity index (χ0) is 14.6. The Morgan fingerprint density at radius 1 is 1.20 bits per heavy atom. The van der Waals surface area contributed by atoms with E-state index >= 15 is 0 Å². The van der Waals surface area contributed by atoms with Crippen LogP contribution in [0, 0.1) is 0 Å². The van der Waals surface area contributed by atoms with Crippen LogP contribution < -0.4 is 5.32 Å². The summed E-state index contributed by atoms with van der Waals surface area (Å²) in [6.45, 7) is 1.66. The predicted octanol–water partition coefficient (Wildman–Crippen LogP) is 2.85. The van der Waals surface area contributed by atoms with E-state index in [1.54, 1.807) is 26.2 Å². The first-order valence-corrected chi connectivity index (χ1v) is 8.84. The van der Waals surface area contributed by atoms with Crippen molar-refractivity contribution in [1.82, 2.24) is 0 Å². The van der Waals surface area contributed by atoms with Crippen LogP contribution in [0.4, 0.5) is 5.69 Å². The zero-order valence-corrected chi connectivity index (χ0v) is 12.9. The van der Waals surface area contributed by atoms with Gasteiger partial charge in [0.15, 0.2) is 9.84 Å². The highest BCUT2D eigenvalue weighted by Crippen LogP contribution is 2.25. The van der Waals surface area contributed by atoms with Gasteiger partial charge in [-0.3, -0.25) is 0 Å². The molecule has 2 rings (SSSR count). The summed E-state index contributed by atoms with van der Waals surface area (Å²) in [4.78, 5) is 0.387. The molecular weight excluding hydrogens is 274 g/mol. The van der Waals surface area contributed by atoms with Crippen molar-refractivity contribution in [1.29, 1.82) is 0 Å². The molecule has 0 radical (unpaired) electrons. The molecule has 0 aromatic heterocycles. The van der Waals surface area contributed by atoms with Crippen molar-refractivity contribution in [2.45, 2.75) is 49.6 Å². The van der Waals surface area contributed by atoms with Crippen molar-refractivity contribution in [3.63, 3.8) is 0 Å². The van der Waals surface area contributed by atoms with Gasteiger partial charge in [0.2, 0.25) is 0 Å². The maximum Gasteiger partial charge on any atom is 0.178 e. The Balaban J connectivity index is 2.07. The van der Waals surface area contributed by atoms with Gasteiger partial charge in [-0.25, -0.2) is 8.42 Å². The highest BCUT2D eigenvalue weighted by Gasteiger charge is 2.24. The second-order valence-electron chi connectivity index (χ2n) is 5.24. The molecule has 1 N–H and O–H groups in total. The molecule has 1 saturated carbocycles. The minimum absolute atomic E-state index is 0.133. The van der Waals surface area contributed by atoms with Crippen molar-refractivity contribution in [3.8, 4) is 0 Å². The minimum atomic E-state index is -3.12. The van der Waals surface area contributed by atoms with Crippen LogP contribution in [0.15, 0.2) is 29.2 Å². The second-order valence-corrected chi connectivity index (χ2v) is 7.52. The van der Waals surface area contributed by atoms with Crippen molar-refractivity contribution >= 4 is 15.5 Å². The summed E-state index contributed by atoms with van der Waals surface area (Å²) >= 11 is 0. The molecule has 0 saturated heterocycles. The molecular formula is C15H23NO3S. The standard InChI is InChI=1S/C15H23NO3S/c1-3-20(17,18)13-10-8-12(9-11-13)16-14-6-4-5-7-15(14)19-2/h8-11,14-16H,3-7H2,1-2H3. The van der Waals surface area contributed by atoms with Crippen LogP contribution in [-0.2, 0) is 14.6 Å². The van der Waals surface area contributed by atoms with E-state index in [4.69, 9.17) is 4.74 Å². The molecule has 112 valence electrons. The molecule has 0 aliphatic heterocycles. The molecule has 1 aliphatic carbocycles. The van der Waals surface area contributed by atoms with Crippen LogP contribution in [0.2, 0.25) is 0 Å². The van der Waals surface area contributed by atoms with Crippen molar-refractivity contribution in [2.75, 3.05) is 18.2 Å². The molecule has 5 heteroatoms. The number of methoxy groups -OCH3 is 1. The van der Waals surface area contributed by atoms with E-state index in [9.17, 15) is 8.42 Å². The first-order chi connectivity index (χ1) is 9.56. The topological polar surface area (TPSA) is 55.4 Å². The molecule has 1 aromatic rings. The molecule has 0 amide bonds. The molecule has 20 heavy (non-hydrogen) atoms. The van der Waals surface area contributed by atoms with E-state index in [0.29, 0.717) is 10.9 Å². The molecule has 0 spiro atoms. The van der Waals surface area contributed by atoms with Crippen molar-refractivity contribution < 1.29 is 13.2 Å². The smallest absolute Gasteiger partial charge is 0.178 e. The minimum Gasteiger partial charge on any atom is -0.380 e. The average molecular weight is 297 g/mol. The quantitative estimate of drug-likeness (QED) is 0.908. The van der Waals surface area contributed by atoms with E-state index in [1.165, 1.54) is 12.8 Å². The molecule has 0 bridgehead atoms. The zero-order valence-electron chi connectivity index (χ0n) is 12.1. The van der Waals surface area contributed by atoms with Gasteiger partial charge in [0.1, 0.15) is 0 Å². The Morgan fingerprint density at radius 3 is 2.45 bits per heavy atom. The Labute approximate surface area is 121 Å². The first kappa shape index (κ1) is 15.3. The molecule has 2 unspecified atom stereocenters. The Bertz CT molecular complexity index is 525. The van der Waals surface area contributed by atoms with E-state index < -0.39 is 9.84 Å². The van der Waals surface area contributed by atoms with E-state index in [1.807, 2.05) is 12.1 Å². The van der Waals surface area contributed by atoms with E-state index in [-0.39, 0.29) is 11.9 Å². The summed E-state index contributed by atoms with van der Waals surface area (Å²) in [7, 11) is -1.36. The lowest BCUT2D eigenvalue weighted by Crippen LogP contribution is -2.37. The average Bonchev–Trinajstić information content (AvgIpc) is 2.48. The fraction of sp³-hybridized carbons (Fsp3) is 0.600. The SMILES string of the molecule is CCS(=O)(=O)c1ccc(NC2CCCCC2OC)cc1. The maximum atomic E-state index is 11.8. The van der Waals surface area contributed by atoms with Crippen LogP contribution in [0.1, 0.15) is 32.6 Å². The maximum absolute atomic E-state index is 11.8. The van der Waals surface area contributed by atoms with Gasteiger partial charge in [0, 0.05) is 12.8 Å². The van der Waals surface area contributed by atoms with Crippen LogP contribution in [0.25, 0.3) is 0 Å². The summed E-state index contributed by atoms with van der Waals surface area (Å²) in [6.07, 6.45) is 4.83. The monoisotopic (exact) mass is 297 g/mol. The second kappa shape index (κ2) is 6.59. The van der Waals surface area contributed by atoms with Gasteiger partial charge in [-0.15, -0.1) is 0 Å². The number of hydrogen-bond donors (Lipinski definition) is 1. The van der Waals surface area contributed by atoms with Crippen LogP contribution >= 0.6 is 0 Å². The third-order valence-electron chi connectivity index (χ3n) is 3.95. The van der Waals surface area contributed by atoms with Crippen molar-refractivity contribution in [3.05, 3.63) is 24.3 Å². The number of rotatable bonds is 5. The molecule has 2 atom stereocenters. The van der Waals surface area contributed by atoms with Crippen LogP contribution in [0.5, 0.6) is 0 Å². The van der Waals surface area contributed by atoms with Gasteiger partial charge in [0.05, 0.1) is 22.8 Å². The van der Waals surface area contributed by atoms with Gasteiger partial charge in [0.25, 0.3) is 0 Å². The van der Waals surface area contributed by atoms with Gasteiger partial charge in [-0.2, -0.15) is 0 Å². The largest absolute Gasteiger partial charge is 0.380 e. The van der Waals surface area contributed by atoms with Crippen LogP contribution in [0.3, 0.4) is 0 Å². The number of ether oxygens (including phenoxy) is 1. The molecule has 1 fully saturated rings. The molecule has 1 aromatic carbocycles. The van der Waals surface area contributed by atoms with E-state index in [2.05, 4.69) is 5.32 Å². The third kappa shape index (κ3) is 3.52. The molecule has 1 aliphatic rings. The Hall–Kier alpha value is -1.07. The van der Waals surface area contributed by atoms with Gasteiger partial charge in [-0.05, 0) is 37.1 Å². The summed E-state index contributed by atoms with van der Waals surface area (Å²) in [5.41, 5.74) is 0.953. The number of sulfone groups is 1. The molecule has 4 nitrogen and oxygen atoms in total. The highest BCUT2D eigenvalue weighted by atomic mass is 32.2. The number of benzene rings is 1. The Morgan fingerprint density at radius 2 is 1.85 bits per heavy atom. The Kier molecular flexibility index (Phi) is 5.05. The fourth-order valence-corrected chi connectivity index (χ4v) is 3.57. The predicted molar refractivity (Wildman–Crippen MR) is 80.8 cm³/mol. The van der Waals surface area contributed by atoms with Crippen LogP contribution in [-0.4, -0.2) is 33.4 Å². The normalized spacial score (nSPS) is 23.5.